The molecule has 3 N–H and O–H groups in total. The van der Waals surface area contributed by atoms with E-state index in [1.165, 1.54) is 36.8 Å². The van der Waals surface area contributed by atoms with Crippen LogP contribution in [0.4, 0.5) is 0 Å². The molecule has 4 rings (SSSR count). The van der Waals surface area contributed by atoms with Crippen molar-refractivity contribution in [3.8, 4) is 5.75 Å². The maximum atomic E-state index is 6.87. The molecule has 4 atom stereocenters. The molecule has 2 aliphatic rings. The van der Waals surface area contributed by atoms with E-state index in [1.807, 2.05) is 6.07 Å². The average molecular weight is 351 g/mol. The van der Waals surface area contributed by atoms with Gasteiger partial charge in [0.25, 0.3) is 0 Å². The Hall–Kier alpha value is -1.84. The van der Waals surface area contributed by atoms with Crippen LogP contribution in [0.2, 0.25) is 0 Å². The van der Waals surface area contributed by atoms with Crippen LogP contribution in [0.5, 0.6) is 5.75 Å². The van der Waals surface area contributed by atoms with Crippen LogP contribution in [0.25, 0.3) is 0 Å². The highest BCUT2D eigenvalue weighted by atomic mass is 16.5. The summed E-state index contributed by atoms with van der Waals surface area (Å²) in [6.07, 6.45) is 7.07. The fraction of sp³-hybridized carbons (Fsp3) is 0.478. The number of piperidine rings is 1. The molecule has 3 heteroatoms. The Bertz CT molecular complexity index is 732. The summed E-state index contributed by atoms with van der Waals surface area (Å²) < 4.78 is 5.61. The summed E-state index contributed by atoms with van der Waals surface area (Å²) in [5, 5.41) is 3.89. The number of hydrogen-bond acceptors (Lipinski definition) is 3. The van der Waals surface area contributed by atoms with Crippen molar-refractivity contribution < 1.29 is 4.74 Å². The van der Waals surface area contributed by atoms with Crippen LogP contribution in [-0.2, 0) is 6.42 Å². The number of nitrogens with two attached hydrogens (primary N) is 1. The predicted molar refractivity (Wildman–Crippen MR) is 106 cm³/mol. The zero-order valence-electron chi connectivity index (χ0n) is 15.7. The van der Waals surface area contributed by atoms with Gasteiger partial charge in [0.05, 0.1) is 12.8 Å². The first kappa shape index (κ1) is 17.6. The van der Waals surface area contributed by atoms with Gasteiger partial charge in [0, 0.05) is 6.04 Å². The van der Waals surface area contributed by atoms with Crippen molar-refractivity contribution in [2.24, 2.45) is 17.6 Å². The lowest BCUT2D eigenvalue weighted by atomic mass is 9.67. The zero-order valence-corrected chi connectivity index (χ0v) is 15.7. The van der Waals surface area contributed by atoms with Gasteiger partial charge in [-0.3, -0.25) is 5.32 Å². The molecule has 0 spiro atoms. The Morgan fingerprint density at radius 2 is 1.85 bits per heavy atom. The number of nitrogens with one attached hydrogen (secondary N) is 1. The summed E-state index contributed by atoms with van der Waals surface area (Å²) in [7, 11) is 1.76. The van der Waals surface area contributed by atoms with E-state index in [0.29, 0.717) is 17.9 Å². The highest BCUT2D eigenvalue weighted by Gasteiger charge is 2.46. The Kier molecular flexibility index (Phi) is 5.01. The van der Waals surface area contributed by atoms with Gasteiger partial charge in [0.2, 0.25) is 0 Å². The molecule has 0 aromatic heterocycles. The van der Waals surface area contributed by atoms with Gasteiger partial charge in [0.15, 0.2) is 0 Å². The number of fused-ring (bicyclic) bond motifs is 1. The van der Waals surface area contributed by atoms with Gasteiger partial charge in [-0.2, -0.15) is 0 Å². The van der Waals surface area contributed by atoms with Crippen LogP contribution in [0.3, 0.4) is 0 Å². The molecule has 2 aromatic rings. The molecular weight excluding hydrogens is 320 g/mol. The van der Waals surface area contributed by atoms with Gasteiger partial charge in [0.1, 0.15) is 5.75 Å². The largest absolute Gasteiger partial charge is 0.496 e. The molecule has 138 valence electrons. The van der Waals surface area contributed by atoms with Crippen molar-refractivity contribution in [2.45, 2.75) is 50.2 Å². The topological polar surface area (TPSA) is 47.3 Å². The molecule has 1 aliphatic carbocycles. The van der Waals surface area contributed by atoms with Crippen molar-refractivity contribution in [1.29, 1.82) is 0 Å². The summed E-state index contributed by atoms with van der Waals surface area (Å²) >= 11 is 0. The van der Waals surface area contributed by atoms with Gasteiger partial charge >= 0.3 is 0 Å². The number of rotatable bonds is 4. The standard InChI is InChI=1S/C23H30N2O/c1-26-21-13-6-5-11-18(21)15-19-16-20-12-7-8-14-23(20,24)25-22(19)17-9-3-2-4-10-17/h2-6,9-11,13,19-20,22,25H,7-8,12,14-16,24H2,1H3. The molecule has 0 radical (unpaired) electrons. The van der Waals surface area contributed by atoms with Gasteiger partial charge in [-0.25, -0.2) is 0 Å². The number of ether oxygens (including phenoxy) is 1. The molecule has 3 nitrogen and oxygen atoms in total. The number of para-hydroxylation sites is 1. The Morgan fingerprint density at radius 3 is 2.65 bits per heavy atom. The van der Waals surface area contributed by atoms with Crippen LogP contribution in [0, 0.1) is 11.8 Å². The lowest BCUT2D eigenvalue weighted by Crippen LogP contribution is -2.65. The smallest absolute Gasteiger partial charge is 0.122 e. The van der Waals surface area contributed by atoms with Crippen LogP contribution in [0.15, 0.2) is 54.6 Å². The van der Waals surface area contributed by atoms with E-state index < -0.39 is 0 Å². The maximum Gasteiger partial charge on any atom is 0.122 e. The Balaban J connectivity index is 1.65. The fourth-order valence-electron chi connectivity index (χ4n) is 5.07. The second-order valence-corrected chi connectivity index (χ2v) is 8.03. The third kappa shape index (κ3) is 3.38. The summed E-state index contributed by atoms with van der Waals surface area (Å²) in [5.74, 6) is 2.08. The third-order valence-corrected chi connectivity index (χ3v) is 6.44. The molecule has 0 bridgehead atoms. The fourth-order valence-corrected chi connectivity index (χ4v) is 5.07. The van der Waals surface area contributed by atoms with Crippen molar-refractivity contribution >= 4 is 0 Å². The number of hydrogen-bond donors (Lipinski definition) is 2. The van der Waals surface area contributed by atoms with E-state index in [1.54, 1.807) is 7.11 Å². The second kappa shape index (κ2) is 7.42. The quantitative estimate of drug-likeness (QED) is 0.857. The number of benzene rings is 2. The van der Waals surface area contributed by atoms with Gasteiger partial charge in [-0.05, 0) is 54.7 Å². The Morgan fingerprint density at radius 1 is 1.08 bits per heavy atom. The van der Waals surface area contributed by atoms with E-state index in [-0.39, 0.29) is 5.66 Å². The Labute approximate surface area is 156 Å². The first-order valence-electron chi connectivity index (χ1n) is 9.93. The lowest BCUT2D eigenvalue weighted by Gasteiger charge is -2.52. The van der Waals surface area contributed by atoms with Gasteiger partial charge in [-0.15, -0.1) is 0 Å². The van der Waals surface area contributed by atoms with Crippen LogP contribution < -0.4 is 15.8 Å². The SMILES string of the molecule is COc1ccccc1CC1CC2CCCCC2(N)NC1c1ccccc1. The van der Waals surface area contributed by atoms with E-state index in [2.05, 4.69) is 53.8 Å². The lowest BCUT2D eigenvalue weighted by molar-refractivity contribution is 0.0437. The highest BCUT2D eigenvalue weighted by Crippen LogP contribution is 2.45. The maximum absolute atomic E-state index is 6.87. The van der Waals surface area contributed by atoms with E-state index in [0.717, 1.165) is 18.6 Å². The normalized spacial score (nSPS) is 31.2. The molecule has 4 unspecified atom stereocenters. The minimum Gasteiger partial charge on any atom is -0.496 e. The minimum absolute atomic E-state index is 0.212. The zero-order chi connectivity index (χ0) is 18.0. The van der Waals surface area contributed by atoms with Crippen molar-refractivity contribution in [3.63, 3.8) is 0 Å². The molecule has 1 aliphatic heterocycles. The minimum atomic E-state index is -0.212. The van der Waals surface area contributed by atoms with Crippen LogP contribution >= 0.6 is 0 Å². The third-order valence-electron chi connectivity index (χ3n) is 6.44. The molecule has 2 fully saturated rings. The molecule has 1 heterocycles. The predicted octanol–water partition coefficient (Wildman–Crippen LogP) is 4.43. The van der Waals surface area contributed by atoms with Crippen LogP contribution in [-0.4, -0.2) is 12.8 Å². The molecule has 26 heavy (non-hydrogen) atoms. The monoisotopic (exact) mass is 350 g/mol. The van der Waals surface area contributed by atoms with Crippen molar-refractivity contribution in [1.82, 2.24) is 5.32 Å². The van der Waals surface area contributed by atoms with E-state index >= 15 is 0 Å². The highest BCUT2D eigenvalue weighted by molar-refractivity contribution is 5.34. The van der Waals surface area contributed by atoms with E-state index in [9.17, 15) is 0 Å². The molecule has 1 saturated carbocycles. The second-order valence-electron chi connectivity index (χ2n) is 8.03. The molecule has 0 amide bonds. The van der Waals surface area contributed by atoms with Crippen LogP contribution in [0.1, 0.15) is 49.3 Å². The average Bonchev–Trinajstić information content (AvgIpc) is 2.68. The summed E-state index contributed by atoms with van der Waals surface area (Å²) in [6.45, 7) is 0. The van der Waals surface area contributed by atoms with E-state index in [4.69, 9.17) is 10.5 Å². The van der Waals surface area contributed by atoms with Gasteiger partial charge < -0.3 is 10.5 Å². The molecule has 1 saturated heterocycles. The number of methoxy groups -OCH3 is 1. The van der Waals surface area contributed by atoms with Crippen molar-refractivity contribution in [2.75, 3.05) is 7.11 Å². The summed E-state index contributed by atoms with van der Waals surface area (Å²) in [6, 6.07) is 19.5. The molecule has 2 aromatic carbocycles. The first-order chi connectivity index (χ1) is 12.7. The summed E-state index contributed by atoms with van der Waals surface area (Å²) in [4.78, 5) is 0. The van der Waals surface area contributed by atoms with Crippen molar-refractivity contribution in [3.05, 3.63) is 65.7 Å². The molecular formula is C23H30N2O. The first-order valence-corrected chi connectivity index (χ1v) is 9.93. The summed E-state index contributed by atoms with van der Waals surface area (Å²) in [5.41, 5.74) is 9.30. The van der Waals surface area contributed by atoms with Gasteiger partial charge in [-0.1, -0.05) is 61.4 Å².